The Hall–Kier alpha value is -3.62. The van der Waals surface area contributed by atoms with E-state index in [1.807, 2.05) is 19.9 Å². The first kappa shape index (κ1) is 21.6. The summed E-state index contributed by atoms with van der Waals surface area (Å²) in [4.78, 5) is 34.4. The molecule has 0 fully saturated rings. The van der Waals surface area contributed by atoms with E-state index < -0.39 is 11.8 Å². The number of hydrogen-bond acceptors (Lipinski definition) is 6. The third-order valence-electron chi connectivity index (χ3n) is 5.26. The van der Waals surface area contributed by atoms with Gasteiger partial charge >= 0.3 is 0 Å². The second kappa shape index (κ2) is 9.67. The van der Waals surface area contributed by atoms with Gasteiger partial charge in [0.15, 0.2) is 23.8 Å². The van der Waals surface area contributed by atoms with Crippen LogP contribution in [0, 0.1) is 6.92 Å². The van der Waals surface area contributed by atoms with Crippen LogP contribution in [0.15, 0.2) is 30.3 Å². The molecule has 0 aliphatic carbocycles. The van der Waals surface area contributed by atoms with E-state index in [9.17, 15) is 9.59 Å². The van der Waals surface area contributed by atoms with E-state index in [0.717, 1.165) is 43.7 Å². The number of aromatic nitrogens is 3. The number of hydrazine groups is 1. The summed E-state index contributed by atoms with van der Waals surface area (Å²) in [5.74, 6) is 1.03. The van der Waals surface area contributed by atoms with Gasteiger partial charge in [-0.05, 0) is 44.9 Å². The number of nitrogens with one attached hydrogen (secondary N) is 2. The fourth-order valence-electron chi connectivity index (χ4n) is 3.81. The number of aryl methyl sites for hydroxylation is 3. The van der Waals surface area contributed by atoms with Gasteiger partial charge in [-0.25, -0.2) is 9.97 Å². The number of nitrogens with zero attached hydrogens (tertiary/aromatic N) is 3. The zero-order valence-electron chi connectivity index (χ0n) is 18.3. The van der Waals surface area contributed by atoms with Crippen molar-refractivity contribution in [3.05, 3.63) is 47.4 Å². The molecule has 0 saturated heterocycles. The Kier molecular flexibility index (Phi) is 6.53. The Labute approximate surface area is 186 Å². The van der Waals surface area contributed by atoms with Crippen molar-refractivity contribution >= 4 is 23.0 Å². The molecule has 0 atom stereocenters. The molecular formula is C23H27N5O4. The highest BCUT2D eigenvalue weighted by atomic mass is 16.5. The summed E-state index contributed by atoms with van der Waals surface area (Å²) in [6, 6.07) is 8.79. The monoisotopic (exact) mass is 437 g/mol. The molecule has 0 saturated carbocycles. The molecule has 3 heterocycles. The lowest BCUT2D eigenvalue weighted by molar-refractivity contribution is -0.123. The Morgan fingerprint density at radius 1 is 1.06 bits per heavy atom. The molecule has 3 aromatic rings. The SMILES string of the molecule is CCOc1ccccc1OCC(=O)NNC(=O)c1cc(C)nc2c1nc1n2CCCCC1. The van der Waals surface area contributed by atoms with E-state index >= 15 is 0 Å². The van der Waals surface area contributed by atoms with Gasteiger partial charge in [0.25, 0.3) is 11.8 Å². The minimum atomic E-state index is -0.493. The van der Waals surface area contributed by atoms with Gasteiger partial charge in [0.2, 0.25) is 0 Å². The van der Waals surface area contributed by atoms with Crippen LogP contribution in [0.5, 0.6) is 11.5 Å². The highest BCUT2D eigenvalue weighted by Crippen LogP contribution is 2.26. The number of ether oxygens (including phenoxy) is 2. The first-order chi connectivity index (χ1) is 15.6. The molecule has 1 aliphatic heterocycles. The number of carbonyl (C=O) groups excluding carboxylic acids is 2. The van der Waals surface area contributed by atoms with E-state index in [4.69, 9.17) is 14.5 Å². The van der Waals surface area contributed by atoms with Gasteiger partial charge in [-0.2, -0.15) is 0 Å². The Balaban J connectivity index is 1.42. The minimum Gasteiger partial charge on any atom is -0.490 e. The van der Waals surface area contributed by atoms with E-state index in [-0.39, 0.29) is 6.61 Å². The second-order valence-corrected chi connectivity index (χ2v) is 7.64. The summed E-state index contributed by atoms with van der Waals surface area (Å²) in [6.45, 7) is 4.78. The van der Waals surface area contributed by atoms with Gasteiger partial charge < -0.3 is 14.0 Å². The van der Waals surface area contributed by atoms with E-state index in [2.05, 4.69) is 20.4 Å². The van der Waals surface area contributed by atoms with Gasteiger partial charge in [-0.1, -0.05) is 18.6 Å². The number of benzene rings is 1. The molecule has 9 heteroatoms. The topological polar surface area (TPSA) is 107 Å². The predicted molar refractivity (Wildman–Crippen MR) is 119 cm³/mol. The number of carbonyl (C=O) groups is 2. The largest absolute Gasteiger partial charge is 0.490 e. The Morgan fingerprint density at radius 2 is 1.84 bits per heavy atom. The van der Waals surface area contributed by atoms with Gasteiger partial charge in [-0.3, -0.25) is 20.4 Å². The quantitative estimate of drug-likeness (QED) is 0.574. The Bertz CT molecular complexity index is 1140. The van der Waals surface area contributed by atoms with Gasteiger partial charge in [0.1, 0.15) is 11.3 Å². The van der Waals surface area contributed by atoms with Crippen LogP contribution < -0.4 is 20.3 Å². The Morgan fingerprint density at radius 3 is 2.62 bits per heavy atom. The van der Waals surface area contributed by atoms with Crippen molar-refractivity contribution in [1.82, 2.24) is 25.4 Å². The van der Waals surface area contributed by atoms with Crippen LogP contribution in [0.2, 0.25) is 0 Å². The highest BCUT2D eigenvalue weighted by molar-refractivity contribution is 6.04. The third-order valence-corrected chi connectivity index (χ3v) is 5.26. The normalized spacial score (nSPS) is 13.2. The standard InChI is InChI=1S/C23H27N5O4/c1-3-31-17-9-6-7-10-18(17)32-14-20(29)26-27-23(30)16-13-15(2)24-22-21(16)25-19-11-5-4-8-12-28(19)22/h6-7,9-10,13H,3-5,8,11-12,14H2,1-2H3,(H,26,29)(H,27,30). The molecule has 2 N–H and O–H groups in total. The third kappa shape index (κ3) is 4.66. The van der Waals surface area contributed by atoms with E-state index in [1.165, 1.54) is 0 Å². The van der Waals surface area contributed by atoms with Crippen LogP contribution >= 0.6 is 0 Å². The molecule has 1 aliphatic rings. The van der Waals surface area contributed by atoms with Crippen molar-refractivity contribution in [2.45, 2.75) is 46.1 Å². The van der Waals surface area contributed by atoms with Crippen molar-refractivity contribution < 1.29 is 19.1 Å². The predicted octanol–water partition coefficient (Wildman–Crippen LogP) is 2.70. The summed E-state index contributed by atoms with van der Waals surface area (Å²) < 4.78 is 13.1. The maximum absolute atomic E-state index is 12.8. The molecular weight excluding hydrogens is 410 g/mol. The summed E-state index contributed by atoms with van der Waals surface area (Å²) in [6.07, 6.45) is 4.17. The van der Waals surface area contributed by atoms with Crippen LogP contribution in [-0.2, 0) is 17.8 Å². The van der Waals surface area contributed by atoms with Crippen molar-refractivity contribution in [3.8, 4) is 11.5 Å². The summed E-state index contributed by atoms with van der Waals surface area (Å²) in [5, 5.41) is 0. The molecule has 0 unspecified atom stereocenters. The molecule has 168 valence electrons. The van der Waals surface area contributed by atoms with Gasteiger partial charge in [0.05, 0.1) is 12.2 Å². The first-order valence-electron chi connectivity index (χ1n) is 10.9. The maximum atomic E-state index is 12.8. The van der Waals surface area contributed by atoms with Crippen molar-refractivity contribution in [1.29, 1.82) is 0 Å². The molecule has 1 aromatic carbocycles. The number of hydrogen-bond donors (Lipinski definition) is 2. The van der Waals surface area contributed by atoms with Crippen LogP contribution in [-0.4, -0.2) is 39.6 Å². The maximum Gasteiger partial charge on any atom is 0.276 e. The highest BCUT2D eigenvalue weighted by Gasteiger charge is 2.21. The first-order valence-corrected chi connectivity index (χ1v) is 10.9. The number of fused-ring (bicyclic) bond motifs is 3. The summed E-state index contributed by atoms with van der Waals surface area (Å²) in [5.41, 5.74) is 7.24. The molecule has 2 aromatic heterocycles. The molecule has 0 spiro atoms. The van der Waals surface area contributed by atoms with Crippen molar-refractivity contribution in [2.24, 2.45) is 0 Å². The summed E-state index contributed by atoms with van der Waals surface area (Å²) >= 11 is 0. The number of rotatable bonds is 6. The molecule has 0 radical (unpaired) electrons. The van der Waals surface area contributed by atoms with Gasteiger partial charge in [-0.15, -0.1) is 0 Å². The summed E-state index contributed by atoms with van der Waals surface area (Å²) in [7, 11) is 0. The van der Waals surface area contributed by atoms with E-state index in [0.29, 0.717) is 34.8 Å². The van der Waals surface area contributed by atoms with Crippen molar-refractivity contribution in [2.75, 3.05) is 13.2 Å². The van der Waals surface area contributed by atoms with Crippen molar-refractivity contribution in [3.63, 3.8) is 0 Å². The average Bonchev–Trinajstić information content (AvgIpc) is 2.97. The van der Waals surface area contributed by atoms with Gasteiger partial charge in [0, 0.05) is 18.7 Å². The molecule has 0 bridgehead atoms. The average molecular weight is 438 g/mol. The smallest absolute Gasteiger partial charge is 0.276 e. The number of imidazole rings is 1. The number of amides is 2. The van der Waals surface area contributed by atoms with E-state index in [1.54, 1.807) is 24.3 Å². The lowest BCUT2D eigenvalue weighted by Gasteiger charge is -2.12. The molecule has 9 nitrogen and oxygen atoms in total. The zero-order valence-corrected chi connectivity index (χ0v) is 18.3. The van der Waals surface area contributed by atoms with Crippen LogP contribution in [0.4, 0.5) is 0 Å². The van der Waals surface area contributed by atoms with Crippen LogP contribution in [0.25, 0.3) is 11.2 Å². The lowest BCUT2D eigenvalue weighted by Crippen LogP contribution is -2.44. The minimum absolute atomic E-state index is 0.270. The zero-order chi connectivity index (χ0) is 22.5. The van der Waals surface area contributed by atoms with Crippen LogP contribution in [0.1, 0.15) is 48.1 Å². The fourth-order valence-corrected chi connectivity index (χ4v) is 3.81. The lowest BCUT2D eigenvalue weighted by atomic mass is 10.2. The number of pyridine rings is 1. The number of para-hydroxylation sites is 2. The van der Waals surface area contributed by atoms with Crippen LogP contribution in [0.3, 0.4) is 0 Å². The molecule has 2 amide bonds. The molecule has 32 heavy (non-hydrogen) atoms. The fraction of sp³-hybridized carbons (Fsp3) is 0.391. The molecule has 4 rings (SSSR count). The second-order valence-electron chi connectivity index (χ2n) is 7.64.